The number of methoxy groups -OCH3 is 1. The van der Waals surface area contributed by atoms with Crippen LogP contribution in [0.5, 0.6) is 11.5 Å². The standard InChI is InChI=1S/C17H19NO3/c1-12(13-6-4-3-5-7-13)11-18-17(20)15-10-14(21-2)8-9-16(15)19/h3-10,12,19H,11H2,1-2H3,(H,18,20). The molecule has 0 saturated heterocycles. The minimum absolute atomic E-state index is 0.0549. The Morgan fingerprint density at radius 3 is 2.62 bits per heavy atom. The van der Waals surface area contributed by atoms with Crippen LogP contribution in [-0.2, 0) is 0 Å². The number of aromatic hydroxyl groups is 1. The summed E-state index contributed by atoms with van der Waals surface area (Å²) in [6.07, 6.45) is 0. The summed E-state index contributed by atoms with van der Waals surface area (Å²) in [5.74, 6) is 0.367. The molecule has 0 fully saturated rings. The Morgan fingerprint density at radius 1 is 1.24 bits per heavy atom. The predicted octanol–water partition coefficient (Wildman–Crippen LogP) is 2.93. The van der Waals surface area contributed by atoms with E-state index in [4.69, 9.17) is 4.74 Å². The number of carbonyl (C=O) groups is 1. The van der Waals surface area contributed by atoms with Crippen molar-refractivity contribution in [2.75, 3.05) is 13.7 Å². The van der Waals surface area contributed by atoms with Crippen molar-refractivity contribution >= 4 is 5.91 Å². The van der Waals surface area contributed by atoms with Gasteiger partial charge in [0.1, 0.15) is 11.5 Å². The zero-order valence-corrected chi connectivity index (χ0v) is 12.2. The fourth-order valence-electron chi connectivity index (χ4n) is 2.06. The van der Waals surface area contributed by atoms with Crippen molar-refractivity contribution in [3.05, 3.63) is 59.7 Å². The molecule has 2 N–H and O–H groups in total. The third-order valence-corrected chi connectivity index (χ3v) is 3.39. The third kappa shape index (κ3) is 3.75. The highest BCUT2D eigenvalue weighted by molar-refractivity contribution is 5.97. The van der Waals surface area contributed by atoms with E-state index in [0.29, 0.717) is 12.3 Å². The van der Waals surface area contributed by atoms with Crippen molar-refractivity contribution in [2.45, 2.75) is 12.8 Å². The number of amides is 1. The van der Waals surface area contributed by atoms with Crippen LogP contribution in [-0.4, -0.2) is 24.7 Å². The summed E-state index contributed by atoms with van der Waals surface area (Å²) in [6.45, 7) is 2.54. The van der Waals surface area contributed by atoms with E-state index in [1.165, 1.54) is 19.2 Å². The zero-order chi connectivity index (χ0) is 15.2. The second-order valence-electron chi connectivity index (χ2n) is 4.90. The van der Waals surface area contributed by atoms with Gasteiger partial charge in [0.05, 0.1) is 12.7 Å². The monoisotopic (exact) mass is 285 g/mol. The summed E-state index contributed by atoms with van der Waals surface area (Å²) in [5.41, 5.74) is 1.38. The summed E-state index contributed by atoms with van der Waals surface area (Å²) < 4.78 is 5.06. The van der Waals surface area contributed by atoms with Crippen molar-refractivity contribution in [2.24, 2.45) is 0 Å². The van der Waals surface area contributed by atoms with Gasteiger partial charge in [0.25, 0.3) is 5.91 Å². The lowest BCUT2D eigenvalue weighted by Gasteiger charge is -2.14. The topological polar surface area (TPSA) is 58.6 Å². The van der Waals surface area contributed by atoms with Gasteiger partial charge in [-0.1, -0.05) is 37.3 Å². The zero-order valence-electron chi connectivity index (χ0n) is 12.2. The molecule has 1 unspecified atom stereocenters. The Bertz CT molecular complexity index is 611. The normalized spacial score (nSPS) is 11.7. The first-order valence-electron chi connectivity index (χ1n) is 6.82. The summed E-state index contributed by atoms with van der Waals surface area (Å²) in [5, 5.41) is 12.6. The molecule has 0 aliphatic rings. The van der Waals surface area contributed by atoms with Gasteiger partial charge >= 0.3 is 0 Å². The average Bonchev–Trinajstić information content (AvgIpc) is 2.53. The van der Waals surface area contributed by atoms with Crippen LogP contribution in [0.4, 0.5) is 0 Å². The van der Waals surface area contributed by atoms with Crippen LogP contribution in [0.3, 0.4) is 0 Å². The van der Waals surface area contributed by atoms with Crippen LogP contribution in [0, 0.1) is 0 Å². The highest BCUT2D eigenvalue weighted by atomic mass is 16.5. The van der Waals surface area contributed by atoms with Crippen molar-refractivity contribution in [3.8, 4) is 11.5 Å². The predicted molar refractivity (Wildman–Crippen MR) is 81.8 cm³/mol. The number of phenolic OH excluding ortho intramolecular Hbond substituents is 1. The molecule has 1 atom stereocenters. The minimum Gasteiger partial charge on any atom is -0.507 e. The van der Waals surface area contributed by atoms with Crippen molar-refractivity contribution in [1.82, 2.24) is 5.32 Å². The van der Waals surface area contributed by atoms with Gasteiger partial charge in [-0.3, -0.25) is 4.79 Å². The molecule has 0 spiro atoms. The average molecular weight is 285 g/mol. The van der Waals surface area contributed by atoms with Crippen LogP contribution in [0.2, 0.25) is 0 Å². The molecule has 0 radical (unpaired) electrons. The first-order chi connectivity index (χ1) is 10.1. The van der Waals surface area contributed by atoms with Gasteiger partial charge in [0, 0.05) is 6.54 Å². The molecule has 0 aliphatic heterocycles. The van der Waals surface area contributed by atoms with Gasteiger partial charge in [-0.15, -0.1) is 0 Å². The van der Waals surface area contributed by atoms with Gasteiger partial charge in [0.2, 0.25) is 0 Å². The molecule has 2 aromatic carbocycles. The van der Waals surface area contributed by atoms with E-state index < -0.39 is 0 Å². The maximum atomic E-state index is 12.1. The first-order valence-corrected chi connectivity index (χ1v) is 6.82. The van der Waals surface area contributed by atoms with Crippen LogP contribution in [0.25, 0.3) is 0 Å². The molecular weight excluding hydrogens is 266 g/mol. The fraction of sp³-hybridized carbons (Fsp3) is 0.235. The Labute approximate surface area is 124 Å². The number of phenols is 1. The van der Waals surface area contributed by atoms with Gasteiger partial charge in [-0.2, -0.15) is 0 Å². The van der Waals surface area contributed by atoms with E-state index in [9.17, 15) is 9.90 Å². The SMILES string of the molecule is COc1ccc(O)c(C(=O)NCC(C)c2ccccc2)c1. The second-order valence-corrected chi connectivity index (χ2v) is 4.90. The van der Waals surface area contributed by atoms with E-state index in [0.717, 1.165) is 5.56 Å². The molecule has 21 heavy (non-hydrogen) atoms. The maximum Gasteiger partial charge on any atom is 0.255 e. The molecule has 0 aliphatic carbocycles. The molecule has 4 heteroatoms. The Balaban J connectivity index is 2.02. The van der Waals surface area contributed by atoms with Crippen LogP contribution < -0.4 is 10.1 Å². The van der Waals surface area contributed by atoms with Gasteiger partial charge < -0.3 is 15.2 Å². The quantitative estimate of drug-likeness (QED) is 0.888. The summed E-state index contributed by atoms with van der Waals surface area (Å²) in [7, 11) is 1.52. The highest BCUT2D eigenvalue weighted by Gasteiger charge is 2.13. The van der Waals surface area contributed by atoms with Gasteiger partial charge in [0.15, 0.2) is 0 Å². The highest BCUT2D eigenvalue weighted by Crippen LogP contribution is 2.23. The molecule has 110 valence electrons. The molecule has 0 heterocycles. The fourth-order valence-corrected chi connectivity index (χ4v) is 2.06. The van der Waals surface area contributed by atoms with Crippen molar-refractivity contribution in [3.63, 3.8) is 0 Å². The van der Waals surface area contributed by atoms with Crippen LogP contribution in [0.15, 0.2) is 48.5 Å². The van der Waals surface area contributed by atoms with Crippen molar-refractivity contribution in [1.29, 1.82) is 0 Å². The van der Waals surface area contributed by atoms with Crippen LogP contribution in [0.1, 0.15) is 28.8 Å². The molecule has 0 bridgehead atoms. The molecule has 2 rings (SSSR count). The number of carbonyl (C=O) groups excluding carboxylic acids is 1. The third-order valence-electron chi connectivity index (χ3n) is 3.39. The summed E-state index contributed by atoms with van der Waals surface area (Å²) in [4.78, 5) is 12.1. The first kappa shape index (κ1) is 14.9. The van der Waals surface area contributed by atoms with Gasteiger partial charge in [-0.25, -0.2) is 0 Å². The molecule has 0 saturated carbocycles. The van der Waals surface area contributed by atoms with Crippen molar-refractivity contribution < 1.29 is 14.6 Å². The largest absolute Gasteiger partial charge is 0.507 e. The summed E-state index contributed by atoms with van der Waals surface area (Å²) in [6, 6.07) is 14.6. The van der Waals surface area contributed by atoms with E-state index in [1.807, 2.05) is 37.3 Å². The lowest BCUT2D eigenvalue weighted by atomic mass is 10.0. The maximum absolute atomic E-state index is 12.1. The lowest BCUT2D eigenvalue weighted by Crippen LogP contribution is -2.27. The number of hydrogen-bond donors (Lipinski definition) is 2. The molecule has 1 amide bonds. The Hall–Kier alpha value is -2.49. The molecule has 4 nitrogen and oxygen atoms in total. The number of benzene rings is 2. The van der Waals surface area contributed by atoms with Gasteiger partial charge in [-0.05, 0) is 29.7 Å². The number of rotatable bonds is 5. The number of nitrogens with one attached hydrogen (secondary N) is 1. The summed E-state index contributed by atoms with van der Waals surface area (Å²) >= 11 is 0. The number of hydrogen-bond acceptors (Lipinski definition) is 3. The van der Waals surface area contributed by atoms with E-state index in [2.05, 4.69) is 5.32 Å². The Morgan fingerprint density at radius 2 is 1.95 bits per heavy atom. The second kappa shape index (κ2) is 6.79. The smallest absolute Gasteiger partial charge is 0.255 e. The van der Waals surface area contributed by atoms with E-state index in [-0.39, 0.29) is 23.1 Å². The van der Waals surface area contributed by atoms with E-state index in [1.54, 1.807) is 6.07 Å². The molecule has 2 aromatic rings. The number of ether oxygens (including phenoxy) is 1. The molecular formula is C17H19NO3. The Kier molecular flexibility index (Phi) is 4.82. The molecule has 0 aromatic heterocycles. The van der Waals surface area contributed by atoms with Crippen LogP contribution >= 0.6 is 0 Å². The lowest BCUT2D eigenvalue weighted by molar-refractivity contribution is 0.0948. The van der Waals surface area contributed by atoms with E-state index >= 15 is 0 Å². The minimum atomic E-state index is -0.311.